The minimum absolute atomic E-state index is 0.125. The molecule has 1 aliphatic heterocycles. The maximum absolute atomic E-state index is 14.1. The Morgan fingerprint density at radius 1 is 1.18 bits per heavy atom. The quantitative estimate of drug-likeness (QED) is 0.636. The number of hydrogen-bond acceptors (Lipinski definition) is 4. The first kappa shape index (κ1) is 23.2. The molecule has 1 aromatic carbocycles. The molecule has 0 radical (unpaired) electrons. The van der Waals surface area contributed by atoms with Crippen LogP contribution in [0.1, 0.15) is 48.6 Å². The maximum atomic E-state index is 14.1. The second kappa shape index (κ2) is 9.13. The number of nitrogens with one attached hydrogen (secondary N) is 2. The van der Waals surface area contributed by atoms with E-state index >= 15 is 0 Å². The van der Waals surface area contributed by atoms with Crippen molar-refractivity contribution < 1.29 is 27.6 Å². The molecule has 0 spiro atoms. The number of nitrogens with zero attached hydrogens (tertiary/aromatic N) is 1. The fraction of sp³-hybridized carbons (Fsp3) is 0.391. The average molecular weight is 480 g/mol. The number of amides is 2. The van der Waals surface area contributed by atoms with Crippen LogP contribution in [-0.4, -0.2) is 40.6 Å². The van der Waals surface area contributed by atoms with E-state index in [0.717, 1.165) is 12.3 Å². The van der Waals surface area contributed by atoms with Gasteiger partial charge in [0.25, 0.3) is 5.92 Å². The lowest BCUT2D eigenvalue weighted by Gasteiger charge is -2.37. The van der Waals surface area contributed by atoms with Gasteiger partial charge in [-0.2, -0.15) is 0 Å². The van der Waals surface area contributed by atoms with Crippen molar-refractivity contribution in [1.29, 1.82) is 0 Å². The van der Waals surface area contributed by atoms with Gasteiger partial charge in [0.1, 0.15) is 5.82 Å². The first-order chi connectivity index (χ1) is 15.6. The minimum Gasteiger partial charge on any atom is -0.352 e. The number of ketones is 1. The highest BCUT2D eigenvalue weighted by Crippen LogP contribution is 2.41. The molecule has 174 valence electrons. The van der Waals surface area contributed by atoms with Crippen molar-refractivity contribution in [2.75, 3.05) is 0 Å². The third-order valence-electron chi connectivity index (χ3n) is 6.02. The molecule has 1 saturated heterocycles. The Kier molecular flexibility index (Phi) is 6.43. The number of aromatic nitrogens is 1. The molecule has 2 N–H and O–H groups in total. The van der Waals surface area contributed by atoms with Crippen LogP contribution in [-0.2, 0) is 14.4 Å². The highest BCUT2D eigenvalue weighted by atomic mass is 35.5. The number of Topliss-reactive ketones (excluding diaryl/α,β-unsaturated/α-hetero) is 1. The SMILES string of the molecule is O=C1CC[C@@H](C(=O)C(c2cncc(F)c2)C(C(=O)NC2CC(F)(F)C2)c2ccccc2Cl)N1. The number of halogens is 4. The van der Waals surface area contributed by atoms with Gasteiger partial charge in [0, 0.05) is 36.5 Å². The van der Waals surface area contributed by atoms with E-state index in [4.69, 9.17) is 11.6 Å². The van der Waals surface area contributed by atoms with Crippen LogP contribution in [0.5, 0.6) is 0 Å². The van der Waals surface area contributed by atoms with Crippen LogP contribution in [0.15, 0.2) is 42.7 Å². The van der Waals surface area contributed by atoms with Crippen molar-refractivity contribution >= 4 is 29.2 Å². The Labute approximate surface area is 192 Å². The van der Waals surface area contributed by atoms with Gasteiger partial charge < -0.3 is 10.6 Å². The average Bonchev–Trinajstić information content (AvgIpc) is 3.17. The fourth-order valence-electron chi connectivity index (χ4n) is 4.42. The Bertz CT molecular complexity index is 1090. The van der Waals surface area contributed by atoms with E-state index in [0.29, 0.717) is 0 Å². The molecule has 2 aromatic rings. The monoisotopic (exact) mass is 479 g/mol. The van der Waals surface area contributed by atoms with Crippen LogP contribution < -0.4 is 10.6 Å². The Morgan fingerprint density at radius 3 is 2.52 bits per heavy atom. The Hall–Kier alpha value is -2.94. The maximum Gasteiger partial charge on any atom is 0.252 e. The fourth-order valence-corrected chi connectivity index (χ4v) is 4.67. The van der Waals surface area contributed by atoms with Gasteiger partial charge in [-0.1, -0.05) is 29.8 Å². The molecule has 33 heavy (non-hydrogen) atoms. The third kappa shape index (κ3) is 5.03. The zero-order valence-corrected chi connectivity index (χ0v) is 18.1. The van der Waals surface area contributed by atoms with Gasteiger partial charge in [-0.3, -0.25) is 19.4 Å². The van der Waals surface area contributed by atoms with Crippen LogP contribution in [0.4, 0.5) is 13.2 Å². The third-order valence-corrected chi connectivity index (χ3v) is 6.37. The van der Waals surface area contributed by atoms with Gasteiger partial charge in [-0.05, 0) is 29.7 Å². The predicted octanol–water partition coefficient (Wildman–Crippen LogP) is 3.50. The summed E-state index contributed by atoms with van der Waals surface area (Å²) < 4.78 is 40.8. The van der Waals surface area contributed by atoms with Gasteiger partial charge in [0.05, 0.1) is 24.1 Å². The number of carbonyl (C=O) groups excluding carboxylic acids is 3. The van der Waals surface area contributed by atoms with Crippen LogP contribution >= 0.6 is 11.6 Å². The molecule has 2 aliphatic rings. The van der Waals surface area contributed by atoms with Gasteiger partial charge >= 0.3 is 0 Å². The molecule has 1 saturated carbocycles. The largest absolute Gasteiger partial charge is 0.352 e. The molecule has 1 aliphatic carbocycles. The lowest BCUT2D eigenvalue weighted by Crippen LogP contribution is -2.52. The number of benzene rings is 1. The summed E-state index contributed by atoms with van der Waals surface area (Å²) in [7, 11) is 0. The van der Waals surface area contributed by atoms with E-state index in [1.807, 2.05) is 0 Å². The van der Waals surface area contributed by atoms with E-state index < -0.39 is 60.2 Å². The van der Waals surface area contributed by atoms with E-state index in [9.17, 15) is 27.6 Å². The number of alkyl halides is 2. The second-order valence-corrected chi connectivity index (χ2v) is 8.85. The van der Waals surface area contributed by atoms with Crippen molar-refractivity contribution in [2.24, 2.45) is 0 Å². The highest BCUT2D eigenvalue weighted by molar-refractivity contribution is 6.31. The molecule has 2 amide bonds. The van der Waals surface area contributed by atoms with E-state index in [2.05, 4.69) is 15.6 Å². The summed E-state index contributed by atoms with van der Waals surface area (Å²) >= 11 is 6.37. The van der Waals surface area contributed by atoms with Crippen molar-refractivity contribution in [3.05, 3.63) is 64.7 Å². The Balaban J connectivity index is 1.77. The predicted molar refractivity (Wildman–Crippen MR) is 113 cm³/mol. The zero-order chi connectivity index (χ0) is 23.8. The summed E-state index contributed by atoms with van der Waals surface area (Å²) in [6.07, 6.45) is 1.59. The molecular formula is C23H21ClF3N3O3. The van der Waals surface area contributed by atoms with Crippen molar-refractivity contribution in [3.8, 4) is 0 Å². The summed E-state index contributed by atoms with van der Waals surface area (Å²) in [5.41, 5.74) is 0.412. The Morgan fingerprint density at radius 2 is 1.91 bits per heavy atom. The van der Waals surface area contributed by atoms with Crippen molar-refractivity contribution in [1.82, 2.24) is 15.6 Å². The second-order valence-electron chi connectivity index (χ2n) is 8.44. The number of carbonyl (C=O) groups is 3. The van der Waals surface area contributed by atoms with E-state index in [1.54, 1.807) is 18.2 Å². The number of rotatable bonds is 7. The highest BCUT2D eigenvalue weighted by Gasteiger charge is 2.48. The van der Waals surface area contributed by atoms with E-state index in [-0.39, 0.29) is 34.9 Å². The van der Waals surface area contributed by atoms with E-state index in [1.165, 1.54) is 12.3 Å². The molecule has 4 rings (SSSR count). The van der Waals surface area contributed by atoms with Gasteiger partial charge in [-0.25, -0.2) is 13.2 Å². The zero-order valence-electron chi connectivity index (χ0n) is 17.4. The summed E-state index contributed by atoms with van der Waals surface area (Å²) in [5.74, 6) is -7.56. The number of pyridine rings is 1. The van der Waals surface area contributed by atoms with Crippen LogP contribution in [0, 0.1) is 5.82 Å². The van der Waals surface area contributed by atoms with Gasteiger partial charge in [0.2, 0.25) is 11.8 Å². The van der Waals surface area contributed by atoms with Crippen LogP contribution in [0.25, 0.3) is 0 Å². The summed E-state index contributed by atoms with van der Waals surface area (Å²) in [6, 6.07) is 5.83. The van der Waals surface area contributed by atoms with Crippen molar-refractivity contribution in [2.45, 2.75) is 55.5 Å². The standard InChI is InChI=1S/C23H21ClF3N3O3/c24-16-4-2-1-3-15(16)20(22(33)29-14-8-23(26,27)9-14)19(12-7-13(25)11-28-10-12)21(32)17-5-6-18(31)30-17/h1-4,7,10-11,14,17,19-20H,5-6,8-9H2,(H,29,33)(H,30,31)/t17-,19?,20?/m0/s1. The lowest BCUT2D eigenvalue weighted by molar-refractivity contribution is -0.134. The topological polar surface area (TPSA) is 88.2 Å². The smallest absolute Gasteiger partial charge is 0.252 e. The number of hydrogen-bond donors (Lipinski definition) is 2. The summed E-state index contributed by atoms with van der Waals surface area (Å²) in [6.45, 7) is 0. The normalized spacial score (nSPS) is 21.6. The molecule has 3 atom stereocenters. The van der Waals surface area contributed by atoms with Crippen LogP contribution in [0.2, 0.25) is 5.02 Å². The van der Waals surface area contributed by atoms with Gasteiger partial charge in [-0.15, -0.1) is 0 Å². The minimum atomic E-state index is -2.85. The molecule has 2 unspecified atom stereocenters. The lowest BCUT2D eigenvalue weighted by atomic mass is 9.76. The van der Waals surface area contributed by atoms with Crippen molar-refractivity contribution in [3.63, 3.8) is 0 Å². The molecule has 1 aromatic heterocycles. The summed E-state index contributed by atoms with van der Waals surface area (Å²) in [4.78, 5) is 42.6. The first-order valence-electron chi connectivity index (χ1n) is 10.5. The van der Waals surface area contributed by atoms with Crippen LogP contribution in [0.3, 0.4) is 0 Å². The molecule has 6 nitrogen and oxygen atoms in total. The molecular weight excluding hydrogens is 459 g/mol. The molecule has 2 heterocycles. The molecule has 10 heteroatoms. The van der Waals surface area contributed by atoms with Gasteiger partial charge in [0.15, 0.2) is 5.78 Å². The first-order valence-corrected chi connectivity index (χ1v) is 10.9. The summed E-state index contributed by atoms with van der Waals surface area (Å²) in [5, 5.41) is 5.36. The molecule has 0 bridgehead atoms. The molecule has 2 fully saturated rings.